The van der Waals surface area contributed by atoms with E-state index < -0.39 is 124 Å². The molecule has 12 N–H and O–H groups in total. The summed E-state index contributed by atoms with van der Waals surface area (Å²) in [7, 11) is 0. The standard InChI is InChI=1S/C69H125NO18/c1-3-5-7-9-11-13-15-17-19-21-23-24-25-26-27-28-29-30-32-34-36-38-40-42-44-46-53(74)52(70-57(75)47-45-43-41-39-37-35-33-31-22-20-18-16-14-12-10-8-6-4-2)51-83-67-63(81)60(78)65(55(49-72)85-67)88-69-64(82)61(79)66(56(50-73)86-69)87-68-62(80)59(77)58(76)54(48-71)84-68/h20,22,29-30,36,38,44,46,52-56,58-69,71-74,76-82H,3-19,21,23-28,31-35,37,39-43,45,47-51H2,1-2H3,(H,70,75)/b22-20-,30-29+,38-36+,46-44+. The van der Waals surface area contributed by atoms with E-state index in [0.717, 1.165) is 57.8 Å². The molecular weight excluding hydrogens is 1130 g/mol. The van der Waals surface area contributed by atoms with Crippen molar-refractivity contribution in [1.82, 2.24) is 5.32 Å². The van der Waals surface area contributed by atoms with Crippen LogP contribution in [0.5, 0.6) is 0 Å². The molecule has 3 aliphatic rings. The molecule has 17 atom stereocenters. The summed E-state index contributed by atoms with van der Waals surface area (Å²) in [6.45, 7) is 1.72. The van der Waals surface area contributed by atoms with E-state index in [1.807, 2.05) is 6.08 Å². The number of aliphatic hydroxyl groups excluding tert-OH is 11. The van der Waals surface area contributed by atoms with Gasteiger partial charge in [0, 0.05) is 6.42 Å². The van der Waals surface area contributed by atoms with Gasteiger partial charge in [-0.3, -0.25) is 4.79 Å². The molecule has 88 heavy (non-hydrogen) atoms. The van der Waals surface area contributed by atoms with Gasteiger partial charge in [0.25, 0.3) is 0 Å². The van der Waals surface area contributed by atoms with Crippen LogP contribution < -0.4 is 5.32 Å². The van der Waals surface area contributed by atoms with Gasteiger partial charge in [-0.1, -0.05) is 223 Å². The number of aliphatic hydroxyl groups is 11. The zero-order valence-electron chi connectivity index (χ0n) is 54.2. The van der Waals surface area contributed by atoms with Gasteiger partial charge in [0.15, 0.2) is 18.9 Å². The summed E-state index contributed by atoms with van der Waals surface area (Å²) in [5, 5.41) is 120. The molecular formula is C69H125NO18. The second-order valence-corrected chi connectivity index (χ2v) is 25.0. The van der Waals surface area contributed by atoms with E-state index in [0.29, 0.717) is 12.8 Å². The summed E-state index contributed by atoms with van der Waals surface area (Å²) in [5.74, 6) is -0.293. The van der Waals surface area contributed by atoms with E-state index in [9.17, 15) is 61.0 Å². The van der Waals surface area contributed by atoms with Gasteiger partial charge in [0.1, 0.15) is 73.2 Å². The van der Waals surface area contributed by atoms with Crippen LogP contribution in [0.25, 0.3) is 0 Å². The first-order chi connectivity index (χ1) is 42.8. The van der Waals surface area contributed by atoms with Crippen molar-refractivity contribution in [2.45, 2.75) is 356 Å². The maximum atomic E-state index is 13.4. The molecule has 0 saturated carbocycles. The molecule has 514 valence electrons. The van der Waals surface area contributed by atoms with Crippen LogP contribution in [-0.2, 0) is 33.2 Å². The Morgan fingerprint density at radius 3 is 1.14 bits per heavy atom. The van der Waals surface area contributed by atoms with Crippen molar-refractivity contribution in [1.29, 1.82) is 0 Å². The molecule has 3 rings (SSSR count). The average Bonchev–Trinajstić information content (AvgIpc) is 3.72. The fourth-order valence-corrected chi connectivity index (χ4v) is 11.6. The van der Waals surface area contributed by atoms with E-state index in [1.165, 1.54) is 161 Å². The number of unbranched alkanes of at least 4 members (excludes halogenated alkanes) is 31. The van der Waals surface area contributed by atoms with Gasteiger partial charge in [-0.25, -0.2) is 0 Å². The van der Waals surface area contributed by atoms with Crippen LogP contribution in [-0.4, -0.2) is 193 Å². The van der Waals surface area contributed by atoms with Crippen molar-refractivity contribution in [3.05, 3.63) is 48.6 Å². The molecule has 3 heterocycles. The molecule has 17 unspecified atom stereocenters. The predicted molar refractivity (Wildman–Crippen MR) is 342 cm³/mol. The van der Waals surface area contributed by atoms with E-state index in [2.05, 4.69) is 55.6 Å². The highest BCUT2D eigenvalue weighted by Crippen LogP contribution is 2.33. The van der Waals surface area contributed by atoms with Crippen LogP contribution in [0.3, 0.4) is 0 Å². The van der Waals surface area contributed by atoms with Crippen LogP contribution in [0, 0.1) is 0 Å². The second-order valence-electron chi connectivity index (χ2n) is 25.0. The molecule has 0 aromatic carbocycles. The van der Waals surface area contributed by atoms with Gasteiger partial charge in [-0.05, 0) is 70.6 Å². The summed E-state index contributed by atoms with van der Waals surface area (Å²) >= 11 is 0. The van der Waals surface area contributed by atoms with Crippen molar-refractivity contribution < 1.29 is 89.4 Å². The highest BCUT2D eigenvalue weighted by molar-refractivity contribution is 5.76. The number of rotatable bonds is 53. The minimum absolute atomic E-state index is 0.227. The highest BCUT2D eigenvalue weighted by atomic mass is 16.8. The number of ether oxygens (including phenoxy) is 6. The largest absolute Gasteiger partial charge is 0.394 e. The lowest BCUT2D eigenvalue weighted by atomic mass is 9.96. The molecule has 19 heteroatoms. The van der Waals surface area contributed by atoms with Crippen molar-refractivity contribution in [2.24, 2.45) is 0 Å². The summed E-state index contributed by atoms with van der Waals surface area (Å²) < 4.78 is 34.3. The van der Waals surface area contributed by atoms with Gasteiger partial charge < -0.3 is 89.9 Å². The first kappa shape index (κ1) is 80.0. The van der Waals surface area contributed by atoms with Gasteiger partial charge in [0.2, 0.25) is 5.91 Å². The first-order valence-electron chi connectivity index (χ1n) is 34.9. The highest BCUT2D eigenvalue weighted by Gasteiger charge is 2.53. The summed E-state index contributed by atoms with van der Waals surface area (Å²) in [6.07, 6.45) is 33.8. The van der Waals surface area contributed by atoms with E-state index in [4.69, 9.17) is 28.4 Å². The van der Waals surface area contributed by atoms with Gasteiger partial charge in [0.05, 0.1) is 38.6 Å². The Kier molecular flexibility index (Phi) is 46.5. The minimum Gasteiger partial charge on any atom is -0.394 e. The Labute approximate surface area is 529 Å². The third-order valence-electron chi connectivity index (χ3n) is 17.3. The van der Waals surface area contributed by atoms with E-state index in [-0.39, 0.29) is 18.9 Å². The van der Waals surface area contributed by atoms with Gasteiger partial charge in [-0.2, -0.15) is 0 Å². The smallest absolute Gasteiger partial charge is 0.220 e. The fraction of sp³-hybridized carbons (Fsp3) is 0.870. The van der Waals surface area contributed by atoms with Crippen molar-refractivity contribution in [3.63, 3.8) is 0 Å². The number of carbonyl (C=O) groups excluding carboxylic acids is 1. The van der Waals surface area contributed by atoms with Crippen LogP contribution in [0.1, 0.15) is 251 Å². The lowest BCUT2D eigenvalue weighted by Crippen LogP contribution is -2.66. The van der Waals surface area contributed by atoms with Crippen LogP contribution in [0.4, 0.5) is 0 Å². The third-order valence-corrected chi connectivity index (χ3v) is 17.3. The average molecular weight is 1260 g/mol. The lowest BCUT2D eigenvalue weighted by Gasteiger charge is -2.48. The predicted octanol–water partition coefficient (Wildman–Crippen LogP) is 9.00. The Morgan fingerprint density at radius 2 is 0.727 bits per heavy atom. The maximum Gasteiger partial charge on any atom is 0.220 e. The molecule has 3 saturated heterocycles. The maximum absolute atomic E-state index is 13.4. The minimum atomic E-state index is -1.98. The van der Waals surface area contributed by atoms with Crippen LogP contribution in [0.15, 0.2) is 48.6 Å². The zero-order valence-corrected chi connectivity index (χ0v) is 54.2. The molecule has 0 aromatic rings. The van der Waals surface area contributed by atoms with Gasteiger partial charge in [-0.15, -0.1) is 0 Å². The number of nitrogens with one attached hydrogen (secondary N) is 1. The van der Waals surface area contributed by atoms with Crippen LogP contribution >= 0.6 is 0 Å². The van der Waals surface area contributed by atoms with Gasteiger partial charge >= 0.3 is 0 Å². The molecule has 0 aromatic heterocycles. The molecule has 3 fully saturated rings. The number of allylic oxidation sites excluding steroid dienone is 7. The normalized spacial score (nSPS) is 28.7. The summed E-state index contributed by atoms with van der Waals surface area (Å²) in [5.41, 5.74) is 0. The summed E-state index contributed by atoms with van der Waals surface area (Å²) in [6, 6.07) is -1.000. The summed E-state index contributed by atoms with van der Waals surface area (Å²) in [4.78, 5) is 13.4. The Balaban J connectivity index is 1.46. The Morgan fingerprint density at radius 1 is 0.398 bits per heavy atom. The first-order valence-corrected chi connectivity index (χ1v) is 34.9. The number of amides is 1. The fourth-order valence-electron chi connectivity index (χ4n) is 11.6. The topological polar surface area (TPSA) is 307 Å². The molecule has 3 aliphatic heterocycles. The number of hydrogen-bond acceptors (Lipinski definition) is 18. The monoisotopic (exact) mass is 1260 g/mol. The second kappa shape index (κ2) is 51.2. The zero-order chi connectivity index (χ0) is 64.0. The molecule has 0 radical (unpaired) electrons. The molecule has 1 amide bonds. The Hall–Kier alpha value is -2.25. The quantitative estimate of drug-likeness (QED) is 0.0200. The SMILES string of the molecule is CCCCCCCCC/C=C\CCCCCCCCCC(=O)NC(COC1OC(CO)C(OC2OC(CO)C(OC3OC(CO)C(O)C(O)C3O)C(O)C2O)C(O)C1O)C(O)/C=C/CC/C=C/CC/C=C/CCCCCCCCCCCCCCCCC. The number of hydrogen-bond donors (Lipinski definition) is 12. The Bertz CT molecular complexity index is 1790. The van der Waals surface area contributed by atoms with E-state index >= 15 is 0 Å². The van der Waals surface area contributed by atoms with E-state index in [1.54, 1.807) is 6.08 Å². The lowest BCUT2D eigenvalue weighted by molar-refractivity contribution is -0.379. The van der Waals surface area contributed by atoms with Crippen molar-refractivity contribution in [2.75, 3.05) is 26.4 Å². The molecule has 0 bridgehead atoms. The molecule has 0 aliphatic carbocycles. The molecule has 19 nitrogen and oxygen atoms in total. The third kappa shape index (κ3) is 33.0. The van der Waals surface area contributed by atoms with Crippen LogP contribution in [0.2, 0.25) is 0 Å². The van der Waals surface area contributed by atoms with Crippen molar-refractivity contribution in [3.8, 4) is 0 Å². The number of carbonyl (C=O) groups is 1. The van der Waals surface area contributed by atoms with Crippen molar-refractivity contribution >= 4 is 5.91 Å². The molecule has 0 spiro atoms.